The van der Waals surface area contributed by atoms with Crippen molar-refractivity contribution < 1.29 is 9.53 Å². The molecule has 1 heterocycles. The fourth-order valence-electron chi connectivity index (χ4n) is 2.31. The Morgan fingerprint density at radius 1 is 1.42 bits per heavy atom. The van der Waals surface area contributed by atoms with Crippen molar-refractivity contribution in [2.75, 3.05) is 26.2 Å². The minimum Gasteiger partial charge on any atom is -0.375 e. The maximum absolute atomic E-state index is 11.9. The van der Waals surface area contributed by atoms with E-state index in [1.165, 1.54) is 25.7 Å². The van der Waals surface area contributed by atoms with Crippen molar-refractivity contribution in [2.24, 2.45) is 5.41 Å². The van der Waals surface area contributed by atoms with Gasteiger partial charge in [0.1, 0.15) is 0 Å². The van der Waals surface area contributed by atoms with Crippen LogP contribution in [0.3, 0.4) is 0 Å². The first-order chi connectivity index (χ1) is 9.03. The molecule has 1 saturated heterocycles. The van der Waals surface area contributed by atoms with Crippen LogP contribution in [-0.2, 0) is 9.53 Å². The van der Waals surface area contributed by atoms with Gasteiger partial charge in [0.15, 0.2) is 0 Å². The van der Waals surface area contributed by atoms with Gasteiger partial charge in [0.2, 0.25) is 5.91 Å². The molecule has 0 bridgehead atoms. The van der Waals surface area contributed by atoms with Gasteiger partial charge in [-0.3, -0.25) is 4.79 Å². The average molecular weight is 270 g/mol. The summed E-state index contributed by atoms with van der Waals surface area (Å²) in [7, 11) is 0. The molecule has 0 aromatic heterocycles. The fourth-order valence-corrected chi connectivity index (χ4v) is 2.31. The summed E-state index contributed by atoms with van der Waals surface area (Å²) in [4.78, 5) is 11.9. The highest BCUT2D eigenvalue weighted by Gasteiger charge is 2.21. The fraction of sp³-hybridized carbons (Fsp3) is 0.933. The molecule has 1 atom stereocenters. The number of hydrogen-bond donors (Lipinski definition) is 2. The largest absolute Gasteiger partial charge is 0.375 e. The second-order valence-electron chi connectivity index (χ2n) is 6.30. The number of hydrogen-bond acceptors (Lipinski definition) is 3. The van der Waals surface area contributed by atoms with Gasteiger partial charge in [-0.2, -0.15) is 0 Å². The van der Waals surface area contributed by atoms with Crippen molar-refractivity contribution in [2.45, 2.75) is 59.0 Å². The van der Waals surface area contributed by atoms with Crippen molar-refractivity contribution in [3.8, 4) is 0 Å². The summed E-state index contributed by atoms with van der Waals surface area (Å²) >= 11 is 0. The maximum atomic E-state index is 11.9. The van der Waals surface area contributed by atoms with E-state index in [2.05, 4.69) is 31.4 Å². The minimum absolute atomic E-state index is 0.0388. The predicted octanol–water partition coefficient (Wildman–Crippen LogP) is 2.09. The van der Waals surface area contributed by atoms with Gasteiger partial charge in [0.25, 0.3) is 0 Å². The van der Waals surface area contributed by atoms with Crippen LogP contribution < -0.4 is 10.6 Å². The Balaban J connectivity index is 2.17. The molecule has 4 nitrogen and oxygen atoms in total. The van der Waals surface area contributed by atoms with Crippen molar-refractivity contribution in [1.29, 1.82) is 0 Å². The molecule has 1 fully saturated rings. The van der Waals surface area contributed by atoms with Crippen LogP contribution in [-0.4, -0.2) is 38.3 Å². The molecule has 0 radical (unpaired) electrons. The van der Waals surface area contributed by atoms with Gasteiger partial charge in [-0.1, -0.05) is 40.0 Å². The second-order valence-corrected chi connectivity index (χ2v) is 6.30. The maximum Gasteiger partial charge on any atom is 0.222 e. The van der Waals surface area contributed by atoms with Crippen LogP contribution >= 0.6 is 0 Å². The first-order valence-corrected chi connectivity index (χ1v) is 7.62. The van der Waals surface area contributed by atoms with E-state index in [1.54, 1.807) is 0 Å². The van der Waals surface area contributed by atoms with E-state index in [0.717, 1.165) is 19.6 Å². The van der Waals surface area contributed by atoms with E-state index in [9.17, 15) is 4.79 Å². The molecule has 1 aliphatic rings. The number of amides is 1. The number of unbranched alkanes of at least 4 members (excludes halogenated alkanes) is 2. The molecule has 0 saturated carbocycles. The third kappa shape index (κ3) is 7.53. The third-order valence-corrected chi connectivity index (χ3v) is 3.64. The average Bonchev–Trinajstić information content (AvgIpc) is 2.38. The van der Waals surface area contributed by atoms with Gasteiger partial charge in [-0.05, 0) is 11.8 Å². The molecular weight excluding hydrogens is 240 g/mol. The van der Waals surface area contributed by atoms with Crippen LogP contribution in [0.1, 0.15) is 52.9 Å². The van der Waals surface area contributed by atoms with E-state index in [0.29, 0.717) is 13.0 Å². The lowest BCUT2D eigenvalue weighted by molar-refractivity contribution is -0.124. The normalized spacial score (nSPS) is 20.3. The number of carbonyl (C=O) groups excluding carboxylic acids is 1. The number of rotatable bonds is 8. The first kappa shape index (κ1) is 16.4. The highest BCUT2D eigenvalue weighted by molar-refractivity contribution is 5.76. The lowest BCUT2D eigenvalue weighted by atomic mass is 9.87. The molecule has 1 aliphatic heterocycles. The highest BCUT2D eigenvalue weighted by Crippen LogP contribution is 2.22. The molecule has 112 valence electrons. The lowest BCUT2D eigenvalue weighted by Crippen LogP contribution is -2.42. The van der Waals surface area contributed by atoms with Crippen LogP contribution in [0.15, 0.2) is 0 Å². The highest BCUT2D eigenvalue weighted by atomic mass is 16.5. The zero-order valence-electron chi connectivity index (χ0n) is 12.8. The van der Waals surface area contributed by atoms with E-state index in [-0.39, 0.29) is 17.4 Å². The number of carbonyl (C=O) groups is 1. The van der Waals surface area contributed by atoms with Gasteiger partial charge in [-0.25, -0.2) is 0 Å². The molecule has 1 rings (SSSR count). The Morgan fingerprint density at radius 2 is 2.21 bits per heavy atom. The van der Waals surface area contributed by atoms with Crippen LogP contribution in [0.4, 0.5) is 0 Å². The Labute approximate surface area is 117 Å². The Hall–Kier alpha value is -0.610. The smallest absolute Gasteiger partial charge is 0.222 e. The van der Waals surface area contributed by atoms with Crippen molar-refractivity contribution in [3.05, 3.63) is 0 Å². The summed E-state index contributed by atoms with van der Waals surface area (Å²) < 4.78 is 5.54. The van der Waals surface area contributed by atoms with Gasteiger partial charge in [-0.15, -0.1) is 0 Å². The van der Waals surface area contributed by atoms with Gasteiger partial charge < -0.3 is 15.4 Å². The van der Waals surface area contributed by atoms with Crippen molar-refractivity contribution in [1.82, 2.24) is 10.6 Å². The Kier molecular flexibility index (Phi) is 7.39. The summed E-state index contributed by atoms with van der Waals surface area (Å²) in [6.45, 7) is 9.81. The second kappa shape index (κ2) is 8.54. The molecule has 0 aliphatic carbocycles. The van der Waals surface area contributed by atoms with Crippen LogP contribution in [0.25, 0.3) is 0 Å². The monoisotopic (exact) mass is 270 g/mol. The first-order valence-electron chi connectivity index (χ1n) is 7.62. The summed E-state index contributed by atoms with van der Waals surface area (Å²) in [5.41, 5.74) is 0.191. The topological polar surface area (TPSA) is 50.4 Å². The zero-order chi connectivity index (χ0) is 14.1. The molecule has 1 amide bonds. The van der Waals surface area contributed by atoms with Gasteiger partial charge in [0.05, 0.1) is 19.1 Å². The van der Waals surface area contributed by atoms with Gasteiger partial charge in [0, 0.05) is 19.6 Å². The quantitative estimate of drug-likeness (QED) is 0.664. The van der Waals surface area contributed by atoms with Crippen LogP contribution in [0.2, 0.25) is 0 Å². The molecular formula is C15H30N2O2. The van der Waals surface area contributed by atoms with Crippen LogP contribution in [0.5, 0.6) is 0 Å². The number of morpholine rings is 1. The van der Waals surface area contributed by atoms with E-state index in [1.807, 2.05) is 0 Å². The summed E-state index contributed by atoms with van der Waals surface area (Å²) in [6.07, 6.45) is 5.44. The molecule has 0 aromatic carbocycles. The molecule has 1 unspecified atom stereocenters. The van der Waals surface area contributed by atoms with E-state index >= 15 is 0 Å². The van der Waals surface area contributed by atoms with E-state index < -0.39 is 0 Å². The molecule has 4 heteroatoms. The van der Waals surface area contributed by atoms with Gasteiger partial charge >= 0.3 is 0 Å². The SMILES string of the molecule is CCCCCC(C)(C)CNC(=O)CC1CNCCO1. The number of ether oxygens (including phenoxy) is 1. The summed E-state index contributed by atoms with van der Waals surface area (Å²) in [5.74, 6) is 0.109. The predicted molar refractivity (Wildman–Crippen MR) is 78.2 cm³/mol. The molecule has 2 N–H and O–H groups in total. The number of nitrogens with one attached hydrogen (secondary N) is 2. The Morgan fingerprint density at radius 3 is 2.84 bits per heavy atom. The summed E-state index contributed by atoms with van der Waals surface area (Å²) in [5, 5.41) is 6.29. The minimum atomic E-state index is 0.0388. The standard InChI is InChI=1S/C15H30N2O2/c1-4-5-6-7-15(2,3)12-17-14(18)10-13-11-16-8-9-19-13/h13,16H,4-12H2,1-3H3,(H,17,18). The Bertz CT molecular complexity index is 261. The summed E-state index contributed by atoms with van der Waals surface area (Å²) in [6, 6.07) is 0. The lowest BCUT2D eigenvalue weighted by Gasteiger charge is -2.26. The third-order valence-electron chi connectivity index (χ3n) is 3.64. The van der Waals surface area contributed by atoms with E-state index in [4.69, 9.17) is 4.74 Å². The van der Waals surface area contributed by atoms with Crippen LogP contribution in [0, 0.1) is 5.41 Å². The zero-order valence-corrected chi connectivity index (χ0v) is 12.8. The van der Waals surface area contributed by atoms with Crippen molar-refractivity contribution >= 4 is 5.91 Å². The van der Waals surface area contributed by atoms with Crippen molar-refractivity contribution in [3.63, 3.8) is 0 Å². The molecule has 0 aromatic rings. The molecule has 19 heavy (non-hydrogen) atoms. The molecule has 0 spiro atoms.